The summed E-state index contributed by atoms with van der Waals surface area (Å²) in [4.78, 5) is 2.45. The molecule has 1 atom stereocenters. The molecule has 3 heteroatoms. The van der Waals surface area contributed by atoms with Crippen LogP contribution in [0, 0.1) is 0 Å². The molecule has 2 N–H and O–H groups in total. The van der Waals surface area contributed by atoms with Crippen LogP contribution in [0.4, 0.5) is 5.69 Å². The molecule has 1 aliphatic rings. The van der Waals surface area contributed by atoms with Gasteiger partial charge in [0.1, 0.15) is 0 Å². The molecule has 2 aromatic carbocycles. The van der Waals surface area contributed by atoms with Gasteiger partial charge in [0.15, 0.2) is 0 Å². The zero-order valence-electron chi connectivity index (χ0n) is 10.9. The Labute approximate surface area is 118 Å². The molecule has 3 rings (SSSR count). The summed E-state index contributed by atoms with van der Waals surface area (Å²) in [6.45, 7) is 4.18. The van der Waals surface area contributed by atoms with E-state index in [1.54, 1.807) is 0 Å². The average molecular weight is 273 g/mol. The minimum Gasteiger partial charge on any atom is -0.399 e. The van der Waals surface area contributed by atoms with Gasteiger partial charge in [0.05, 0.1) is 0 Å². The molecular weight excluding hydrogens is 256 g/mol. The van der Waals surface area contributed by atoms with Crippen LogP contribution in [0.2, 0.25) is 5.02 Å². The number of benzene rings is 2. The predicted octanol–water partition coefficient (Wildman–Crippen LogP) is 4.00. The highest BCUT2D eigenvalue weighted by atomic mass is 35.5. The number of nitrogens with two attached hydrogens (primary N) is 1. The lowest BCUT2D eigenvalue weighted by atomic mass is 10.1. The Bertz CT molecular complexity index is 592. The number of rotatable bonds is 2. The first-order chi connectivity index (χ1) is 9.13. The Hall–Kier alpha value is -1.51. The van der Waals surface area contributed by atoms with Gasteiger partial charge in [-0.25, -0.2) is 0 Å². The SMILES string of the molecule is CC(c1ccc(Cl)cc1)N1Cc2ccc(N)cc2C1. The number of hydrogen-bond donors (Lipinski definition) is 1. The van der Waals surface area contributed by atoms with E-state index in [1.165, 1.54) is 16.7 Å². The van der Waals surface area contributed by atoms with Gasteiger partial charge in [0, 0.05) is 29.8 Å². The summed E-state index contributed by atoms with van der Waals surface area (Å²) in [7, 11) is 0. The molecule has 0 fully saturated rings. The van der Waals surface area contributed by atoms with Crippen molar-refractivity contribution in [3.8, 4) is 0 Å². The van der Waals surface area contributed by atoms with Gasteiger partial charge in [-0.15, -0.1) is 0 Å². The van der Waals surface area contributed by atoms with E-state index in [4.69, 9.17) is 17.3 Å². The largest absolute Gasteiger partial charge is 0.399 e. The van der Waals surface area contributed by atoms with Crippen LogP contribution in [0.15, 0.2) is 42.5 Å². The van der Waals surface area contributed by atoms with Crippen molar-refractivity contribution in [2.75, 3.05) is 5.73 Å². The summed E-state index contributed by atoms with van der Waals surface area (Å²) in [6, 6.07) is 14.7. The summed E-state index contributed by atoms with van der Waals surface area (Å²) in [6.07, 6.45) is 0. The van der Waals surface area contributed by atoms with Crippen molar-refractivity contribution in [1.82, 2.24) is 4.90 Å². The number of hydrogen-bond acceptors (Lipinski definition) is 2. The normalized spacial score (nSPS) is 16.3. The Balaban J connectivity index is 1.80. The highest BCUT2D eigenvalue weighted by Crippen LogP contribution is 2.32. The Morgan fingerprint density at radius 2 is 1.74 bits per heavy atom. The number of nitrogen functional groups attached to an aromatic ring is 1. The molecule has 1 aliphatic heterocycles. The van der Waals surface area contributed by atoms with Crippen molar-refractivity contribution >= 4 is 17.3 Å². The molecule has 0 saturated carbocycles. The molecule has 2 aromatic rings. The number of nitrogens with zero attached hydrogens (tertiary/aromatic N) is 1. The van der Waals surface area contributed by atoms with E-state index in [-0.39, 0.29) is 0 Å². The Kier molecular flexibility index (Phi) is 3.21. The van der Waals surface area contributed by atoms with Crippen LogP contribution in [-0.4, -0.2) is 4.90 Å². The van der Waals surface area contributed by atoms with Crippen molar-refractivity contribution in [3.63, 3.8) is 0 Å². The van der Waals surface area contributed by atoms with E-state index in [2.05, 4.69) is 36.1 Å². The Morgan fingerprint density at radius 1 is 1.05 bits per heavy atom. The third-order valence-corrected chi connectivity index (χ3v) is 4.13. The number of fused-ring (bicyclic) bond motifs is 1. The molecule has 0 saturated heterocycles. The maximum absolute atomic E-state index is 5.94. The zero-order chi connectivity index (χ0) is 13.4. The van der Waals surface area contributed by atoms with Crippen molar-refractivity contribution < 1.29 is 0 Å². The molecule has 2 nitrogen and oxygen atoms in total. The molecule has 0 bridgehead atoms. The lowest BCUT2D eigenvalue weighted by molar-refractivity contribution is 0.215. The van der Waals surface area contributed by atoms with Gasteiger partial charge in [0.2, 0.25) is 0 Å². The molecule has 98 valence electrons. The van der Waals surface area contributed by atoms with Crippen LogP contribution in [0.3, 0.4) is 0 Å². The fraction of sp³-hybridized carbons (Fsp3) is 0.250. The summed E-state index contributed by atoms with van der Waals surface area (Å²) in [5.74, 6) is 0. The first-order valence-corrected chi connectivity index (χ1v) is 6.88. The minimum absolute atomic E-state index is 0.380. The van der Waals surface area contributed by atoms with E-state index in [1.807, 2.05) is 18.2 Å². The van der Waals surface area contributed by atoms with Crippen molar-refractivity contribution in [3.05, 3.63) is 64.2 Å². The van der Waals surface area contributed by atoms with Gasteiger partial charge in [-0.05, 0) is 47.9 Å². The van der Waals surface area contributed by atoms with Crippen LogP contribution < -0.4 is 5.73 Å². The summed E-state index contributed by atoms with van der Waals surface area (Å²) >= 11 is 5.94. The lowest BCUT2D eigenvalue weighted by Crippen LogP contribution is -2.20. The summed E-state index contributed by atoms with van der Waals surface area (Å²) < 4.78 is 0. The molecule has 0 aliphatic carbocycles. The van der Waals surface area contributed by atoms with Gasteiger partial charge < -0.3 is 5.73 Å². The predicted molar refractivity (Wildman–Crippen MR) is 80.0 cm³/mol. The quantitative estimate of drug-likeness (QED) is 0.838. The van der Waals surface area contributed by atoms with Crippen molar-refractivity contribution in [2.45, 2.75) is 26.1 Å². The van der Waals surface area contributed by atoms with Crippen LogP contribution in [0.25, 0.3) is 0 Å². The zero-order valence-corrected chi connectivity index (χ0v) is 11.7. The lowest BCUT2D eigenvalue weighted by Gasteiger charge is -2.24. The third kappa shape index (κ3) is 2.46. The first kappa shape index (κ1) is 12.5. The van der Waals surface area contributed by atoms with E-state index >= 15 is 0 Å². The second-order valence-electron chi connectivity index (χ2n) is 5.16. The van der Waals surface area contributed by atoms with Gasteiger partial charge >= 0.3 is 0 Å². The van der Waals surface area contributed by atoms with Crippen LogP contribution in [-0.2, 0) is 13.1 Å². The van der Waals surface area contributed by atoms with Crippen LogP contribution in [0.5, 0.6) is 0 Å². The van der Waals surface area contributed by atoms with E-state index < -0.39 is 0 Å². The summed E-state index contributed by atoms with van der Waals surface area (Å²) in [5, 5.41) is 0.786. The molecule has 0 aromatic heterocycles. The molecule has 0 radical (unpaired) electrons. The standard InChI is InChI=1S/C16H17ClN2/c1-11(12-2-5-15(17)6-3-12)19-9-13-4-7-16(18)8-14(13)10-19/h2-8,11H,9-10,18H2,1H3. The van der Waals surface area contributed by atoms with Gasteiger partial charge in [0.25, 0.3) is 0 Å². The second-order valence-corrected chi connectivity index (χ2v) is 5.60. The second kappa shape index (κ2) is 4.87. The Morgan fingerprint density at radius 3 is 2.47 bits per heavy atom. The van der Waals surface area contributed by atoms with Gasteiger partial charge in [-0.3, -0.25) is 4.90 Å². The smallest absolute Gasteiger partial charge is 0.0406 e. The molecular formula is C16H17ClN2. The fourth-order valence-corrected chi connectivity index (χ4v) is 2.79. The van der Waals surface area contributed by atoms with Gasteiger partial charge in [-0.2, -0.15) is 0 Å². The first-order valence-electron chi connectivity index (χ1n) is 6.50. The molecule has 0 spiro atoms. The molecule has 1 heterocycles. The van der Waals surface area contributed by atoms with Gasteiger partial charge in [-0.1, -0.05) is 29.8 Å². The van der Waals surface area contributed by atoms with Crippen LogP contribution >= 0.6 is 11.6 Å². The van der Waals surface area contributed by atoms with Crippen LogP contribution in [0.1, 0.15) is 29.7 Å². The number of halogens is 1. The monoisotopic (exact) mass is 272 g/mol. The van der Waals surface area contributed by atoms with Crippen molar-refractivity contribution in [2.24, 2.45) is 0 Å². The van der Waals surface area contributed by atoms with Crippen molar-refractivity contribution in [1.29, 1.82) is 0 Å². The highest BCUT2D eigenvalue weighted by Gasteiger charge is 2.24. The fourth-order valence-electron chi connectivity index (χ4n) is 2.67. The molecule has 1 unspecified atom stereocenters. The van der Waals surface area contributed by atoms with E-state index in [9.17, 15) is 0 Å². The van der Waals surface area contributed by atoms with E-state index in [0.717, 1.165) is 23.8 Å². The number of anilines is 1. The highest BCUT2D eigenvalue weighted by molar-refractivity contribution is 6.30. The average Bonchev–Trinajstić information content (AvgIpc) is 2.81. The topological polar surface area (TPSA) is 29.3 Å². The maximum atomic E-state index is 5.94. The maximum Gasteiger partial charge on any atom is 0.0406 e. The molecule has 19 heavy (non-hydrogen) atoms. The molecule has 0 amide bonds. The third-order valence-electron chi connectivity index (χ3n) is 3.88. The van der Waals surface area contributed by atoms with E-state index in [0.29, 0.717) is 6.04 Å². The minimum atomic E-state index is 0.380. The summed E-state index contributed by atoms with van der Waals surface area (Å²) in [5.41, 5.74) is 10.7.